The molecule has 6 nitrogen and oxygen atoms in total. The molecule has 1 aromatic carbocycles. The maximum Gasteiger partial charge on any atom is 0.269 e. The number of fused-ring (bicyclic) bond motifs is 1. The minimum atomic E-state index is -0.394. The normalized spacial score (nSPS) is 10.9. The molecule has 0 N–H and O–H groups in total. The standard InChI is InChI=1S/C14H12N4O2S/c1-17-9-16-12-6-7-15-14(13(12)17)21-8-10-2-4-11(5-3-10)18(19)20/h2-7,9H,8H2,1H3. The molecular formula is C14H12N4O2S. The minimum Gasteiger partial charge on any atom is -0.332 e. The van der Waals surface area contributed by atoms with Crippen molar-refractivity contribution in [2.75, 3.05) is 0 Å². The third kappa shape index (κ3) is 2.73. The van der Waals surface area contributed by atoms with E-state index >= 15 is 0 Å². The summed E-state index contributed by atoms with van der Waals surface area (Å²) in [6.45, 7) is 0. The SMILES string of the molecule is Cn1cnc2ccnc(SCc3ccc([N+](=O)[O-])cc3)c21. The highest BCUT2D eigenvalue weighted by molar-refractivity contribution is 7.98. The predicted molar refractivity (Wildman–Crippen MR) is 81.2 cm³/mol. The molecule has 2 aromatic heterocycles. The van der Waals surface area contributed by atoms with Gasteiger partial charge >= 0.3 is 0 Å². The smallest absolute Gasteiger partial charge is 0.269 e. The van der Waals surface area contributed by atoms with E-state index in [1.54, 1.807) is 36.4 Å². The lowest BCUT2D eigenvalue weighted by atomic mass is 10.2. The number of thioether (sulfide) groups is 1. The van der Waals surface area contributed by atoms with Crippen molar-refractivity contribution in [2.45, 2.75) is 10.8 Å². The Morgan fingerprint density at radius 1 is 1.24 bits per heavy atom. The Balaban J connectivity index is 1.80. The van der Waals surface area contributed by atoms with Crippen molar-refractivity contribution in [1.82, 2.24) is 14.5 Å². The average molecular weight is 300 g/mol. The number of aryl methyl sites for hydroxylation is 1. The number of rotatable bonds is 4. The summed E-state index contributed by atoms with van der Waals surface area (Å²) in [5.41, 5.74) is 3.05. The number of nitro benzene ring substituents is 1. The Labute approximate surface area is 125 Å². The monoisotopic (exact) mass is 300 g/mol. The van der Waals surface area contributed by atoms with E-state index in [9.17, 15) is 10.1 Å². The predicted octanol–water partition coefficient (Wildman–Crippen LogP) is 3.17. The summed E-state index contributed by atoms with van der Waals surface area (Å²) in [5, 5.41) is 11.5. The molecule has 3 aromatic rings. The first kappa shape index (κ1) is 13.6. The maximum absolute atomic E-state index is 10.6. The largest absolute Gasteiger partial charge is 0.332 e. The number of benzene rings is 1. The van der Waals surface area contributed by atoms with Crippen LogP contribution in [-0.2, 0) is 12.8 Å². The van der Waals surface area contributed by atoms with Gasteiger partial charge in [0.2, 0.25) is 0 Å². The van der Waals surface area contributed by atoms with Gasteiger partial charge in [0.1, 0.15) is 10.5 Å². The summed E-state index contributed by atoms with van der Waals surface area (Å²) in [7, 11) is 1.94. The Hall–Kier alpha value is -2.41. The van der Waals surface area contributed by atoms with Gasteiger partial charge in [0.25, 0.3) is 5.69 Å². The van der Waals surface area contributed by atoms with E-state index in [0.29, 0.717) is 5.75 Å². The van der Waals surface area contributed by atoms with E-state index in [2.05, 4.69) is 9.97 Å². The number of imidazole rings is 1. The molecule has 0 aliphatic carbocycles. The Morgan fingerprint density at radius 3 is 2.71 bits per heavy atom. The van der Waals surface area contributed by atoms with Crippen LogP contribution < -0.4 is 0 Å². The molecule has 0 radical (unpaired) electrons. The molecule has 7 heteroatoms. The number of nitro groups is 1. The highest BCUT2D eigenvalue weighted by Crippen LogP contribution is 2.27. The number of pyridine rings is 1. The van der Waals surface area contributed by atoms with Crippen molar-refractivity contribution in [3.05, 3.63) is 58.5 Å². The number of non-ortho nitro benzene ring substituents is 1. The number of hydrogen-bond donors (Lipinski definition) is 0. The van der Waals surface area contributed by atoms with Crippen LogP contribution in [0.15, 0.2) is 47.9 Å². The summed E-state index contributed by atoms with van der Waals surface area (Å²) in [5.74, 6) is 0.704. The minimum absolute atomic E-state index is 0.107. The highest BCUT2D eigenvalue weighted by atomic mass is 32.2. The van der Waals surface area contributed by atoms with Gasteiger partial charge in [-0.2, -0.15) is 0 Å². The van der Waals surface area contributed by atoms with Crippen LogP contribution in [0.1, 0.15) is 5.56 Å². The molecule has 0 amide bonds. The second-order valence-corrected chi connectivity index (χ2v) is 5.52. The van der Waals surface area contributed by atoms with E-state index in [-0.39, 0.29) is 5.69 Å². The number of aromatic nitrogens is 3. The second-order valence-electron chi connectivity index (χ2n) is 4.55. The zero-order chi connectivity index (χ0) is 14.8. The van der Waals surface area contributed by atoms with E-state index in [1.165, 1.54) is 12.1 Å². The molecule has 106 valence electrons. The lowest BCUT2D eigenvalue weighted by Gasteiger charge is -2.04. The summed E-state index contributed by atoms with van der Waals surface area (Å²) in [4.78, 5) is 18.9. The highest BCUT2D eigenvalue weighted by Gasteiger charge is 2.09. The molecule has 3 rings (SSSR count). The van der Waals surface area contributed by atoms with Gasteiger partial charge in [-0.05, 0) is 11.6 Å². The third-order valence-corrected chi connectivity index (χ3v) is 4.16. The lowest BCUT2D eigenvalue weighted by Crippen LogP contribution is -1.91. The molecular weight excluding hydrogens is 288 g/mol. The Kier molecular flexibility index (Phi) is 3.57. The summed E-state index contributed by atoms with van der Waals surface area (Å²) in [6.07, 6.45) is 3.51. The lowest BCUT2D eigenvalue weighted by molar-refractivity contribution is -0.384. The first-order valence-electron chi connectivity index (χ1n) is 6.27. The average Bonchev–Trinajstić information content (AvgIpc) is 2.88. The van der Waals surface area contributed by atoms with Crippen molar-refractivity contribution in [2.24, 2.45) is 7.05 Å². The molecule has 2 heterocycles. The molecule has 0 bridgehead atoms. The first-order chi connectivity index (χ1) is 10.1. The van der Waals surface area contributed by atoms with E-state index in [0.717, 1.165) is 21.6 Å². The van der Waals surface area contributed by atoms with Gasteiger partial charge in [-0.25, -0.2) is 9.97 Å². The molecule has 21 heavy (non-hydrogen) atoms. The van der Waals surface area contributed by atoms with Crippen LogP contribution in [0.25, 0.3) is 11.0 Å². The summed E-state index contributed by atoms with van der Waals surface area (Å²) in [6, 6.07) is 8.47. The van der Waals surface area contributed by atoms with Crippen molar-refractivity contribution in [1.29, 1.82) is 0 Å². The van der Waals surface area contributed by atoms with Crippen LogP contribution in [0, 0.1) is 10.1 Å². The van der Waals surface area contributed by atoms with Crippen LogP contribution in [0.2, 0.25) is 0 Å². The molecule has 0 fully saturated rings. The Morgan fingerprint density at radius 2 is 2.00 bits per heavy atom. The van der Waals surface area contributed by atoms with Crippen LogP contribution >= 0.6 is 11.8 Å². The van der Waals surface area contributed by atoms with Gasteiger partial charge in [0.15, 0.2) is 0 Å². The van der Waals surface area contributed by atoms with Gasteiger partial charge in [-0.3, -0.25) is 10.1 Å². The van der Waals surface area contributed by atoms with Gasteiger partial charge < -0.3 is 4.57 Å². The van der Waals surface area contributed by atoms with Crippen molar-refractivity contribution in [3.63, 3.8) is 0 Å². The molecule has 0 unspecified atom stereocenters. The molecule has 0 atom stereocenters. The quantitative estimate of drug-likeness (QED) is 0.420. The topological polar surface area (TPSA) is 73.8 Å². The molecule has 0 spiro atoms. The van der Waals surface area contributed by atoms with Crippen LogP contribution in [0.5, 0.6) is 0 Å². The number of nitrogens with zero attached hydrogens (tertiary/aromatic N) is 4. The van der Waals surface area contributed by atoms with Crippen molar-refractivity contribution in [3.8, 4) is 0 Å². The molecule has 0 aliphatic rings. The van der Waals surface area contributed by atoms with Gasteiger partial charge in [-0.1, -0.05) is 23.9 Å². The van der Waals surface area contributed by atoms with Crippen LogP contribution in [0.4, 0.5) is 5.69 Å². The van der Waals surface area contributed by atoms with Crippen molar-refractivity contribution >= 4 is 28.5 Å². The van der Waals surface area contributed by atoms with Crippen LogP contribution in [0.3, 0.4) is 0 Å². The zero-order valence-corrected chi connectivity index (χ0v) is 12.1. The van der Waals surface area contributed by atoms with E-state index < -0.39 is 4.92 Å². The first-order valence-corrected chi connectivity index (χ1v) is 7.26. The second kappa shape index (κ2) is 5.53. The van der Waals surface area contributed by atoms with Gasteiger partial charge in [-0.15, -0.1) is 0 Å². The molecule has 0 saturated carbocycles. The molecule has 0 aliphatic heterocycles. The van der Waals surface area contributed by atoms with Crippen LogP contribution in [-0.4, -0.2) is 19.5 Å². The Bertz CT molecular complexity index is 798. The third-order valence-electron chi connectivity index (χ3n) is 3.11. The summed E-state index contributed by atoms with van der Waals surface area (Å²) < 4.78 is 1.94. The fourth-order valence-corrected chi connectivity index (χ4v) is 3.06. The number of hydrogen-bond acceptors (Lipinski definition) is 5. The fourth-order valence-electron chi connectivity index (χ4n) is 2.04. The maximum atomic E-state index is 10.6. The zero-order valence-electron chi connectivity index (χ0n) is 11.3. The fraction of sp³-hybridized carbons (Fsp3) is 0.143. The molecule has 0 saturated heterocycles. The summed E-state index contributed by atoms with van der Waals surface area (Å²) >= 11 is 1.59. The van der Waals surface area contributed by atoms with E-state index in [1.807, 2.05) is 17.7 Å². The van der Waals surface area contributed by atoms with Gasteiger partial charge in [0.05, 0.1) is 16.8 Å². The van der Waals surface area contributed by atoms with E-state index in [4.69, 9.17) is 0 Å². The van der Waals surface area contributed by atoms with Crippen molar-refractivity contribution < 1.29 is 4.92 Å². The van der Waals surface area contributed by atoms with Gasteiger partial charge in [0, 0.05) is 31.1 Å².